The molecule has 0 bridgehead atoms. The molecule has 0 atom stereocenters. The van der Waals surface area contributed by atoms with Crippen LogP contribution in [0.3, 0.4) is 0 Å². The van der Waals surface area contributed by atoms with Gasteiger partial charge in [-0.1, -0.05) is 21.1 Å². The van der Waals surface area contributed by atoms with Crippen LogP contribution in [0, 0.1) is 0 Å². The molecule has 1 aliphatic rings. The van der Waals surface area contributed by atoms with Gasteiger partial charge in [-0.25, -0.2) is 0 Å². The van der Waals surface area contributed by atoms with E-state index in [1.807, 2.05) is 24.3 Å². The summed E-state index contributed by atoms with van der Waals surface area (Å²) >= 11 is 3.38. The van der Waals surface area contributed by atoms with Crippen LogP contribution in [-0.4, -0.2) is 21.4 Å². The Morgan fingerprint density at radius 3 is 2.59 bits per heavy atom. The molecule has 0 saturated heterocycles. The Labute approximate surface area is 107 Å². The Balaban J connectivity index is 1.82. The van der Waals surface area contributed by atoms with Gasteiger partial charge in [0.15, 0.2) is 0 Å². The van der Waals surface area contributed by atoms with E-state index in [-0.39, 0.29) is 12.0 Å². The van der Waals surface area contributed by atoms with Crippen LogP contribution < -0.4 is 0 Å². The maximum atomic E-state index is 9.24. The molecule has 2 aromatic rings. The number of aliphatic hydroxyl groups is 1. The minimum absolute atomic E-state index is 0.206. The van der Waals surface area contributed by atoms with Crippen LogP contribution in [0.25, 0.3) is 11.4 Å². The minimum Gasteiger partial charge on any atom is -0.393 e. The first kappa shape index (κ1) is 10.9. The van der Waals surface area contributed by atoms with Gasteiger partial charge in [0.2, 0.25) is 11.7 Å². The zero-order chi connectivity index (χ0) is 11.8. The second-order valence-corrected chi connectivity index (χ2v) is 5.20. The van der Waals surface area contributed by atoms with Crippen molar-refractivity contribution in [1.29, 1.82) is 0 Å². The molecule has 1 fully saturated rings. The highest BCUT2D eigenvalue weighted by molar-refractivity contribution is 9.10. The van der Waals surface area contributed by atoms with Gasteiger partial charge in [0.1, 0.15) is 0 Å². The molecule has 1 aromatic heterocycles. The van der Waals surface area contributed by atoms with E-state index >= 15 is 0 Å². The number of benzene rings is 1. The fraction of sp³-hybridized carbons (Fsp3) is 0.333. The van der Waals surface area contributed by atoms with Crippen molar-refractivity contribution in [2.75, 3.05) is 0 Å². The fourth-order valence-corrected chi connectivity index (χ4v) is 2.17. The topological polar surface area (TPSA) is 59.2 Å². The Morgan fingerprint density at radius 1 is 1.24 bits per heavy atom. The maximum absolute atomic E-state index is 9.24. The molecule has 0 spiro atoms. The maximum Gasteiger partial charge on any atom is 0.230 e. The van der Waals surface area contributed by atoms with E-state index in [1.54, 1.807) is 0 Å². The van der Waals surface area contributed by atoms with Gasteiger partial charge in [-0.15, -0.1) is 0 Å². The Morgan fingerprint density at radius 2 is 1.94 bits per heavy atom. The van der Waals surface area contributed by atoms with Crippen LogP contribution in [-0.2, 0) is 0 Å². The number of hydrogen-bond acceptors (Lipinski definition) is 4. The smallest absolute Gasteiger partial charge is 0.230 e. The highest BCUT2D eigenvalue weighted by Gasteiger charge is 2.33. The monoisotopic (exact) mass is 294 g/mol. The van der Waals surface area contributed by atoms with Crippen LogP contribution in [0.15, 0.2) is 33.3 Å². The third-order valence-corrected chi connectivity index (χ3v) is 3.54. The molecule has 88 valence electrons. The van der Waals surface area contributed by atoms with Crippen LogP contribution in [0.2, 0.25) is 0 Å². The highest BCUT2D eigenvalue weighted by atomic mass is 79.9. The summed E-state index contributed by atoms with van der Waals surface area (Å²) in [6, 6.07) is 7.76. The quantitative estimate of drug-likeness (QED) is 0.925. The summed E-state index contributed by atoms with van der Waals surface area (Å²) in [7, 11) is 0. The average molecular weight is 295 g/mol. The van der Waals surface area contributed by atoms with Gasteiger partial charge in [-0.3, -0.25) is 0 Å². The molecule has 0 unspecified atom stereocenters. The van der Waals surface area contributed by atoms with Crippen molar-refractivity contribution in [3.63, 3.8) is 0 Å². The molecule has 1 heterocycles. The van der Waals surface area contributed by atoms with Crippen molar-refractivity contribution >= 4 is 15.9 Å². The third kappa shape index (κ3) is 2.12. The molecule has 0 aliphatic heterocycles. The van der Waals surface area contributed by atoms with Crippen molar-refractivity contribution < 1.29 is 9.63 Å². The van der Waals surface area contributed by atoms with E-state index in [1.165, 1.54) is 0 Å². The van der Waals surface area contributed by atoms with Gasteiger partial charge in [-0.05, 0) is 37.1 Å². The standard InChI is InChI=1S/C12H11BrN2O2/c13-9-3-1-7(2-4-9)11-14-12(17-15-11)8-5-10(16)6-8/h1-4,8,10,16H,5-6H2. The van der Waals surface area contributed by atoms with E-state index in [2.05, 4.69) is 26.1 Å². The summed E-state index contributed by atoms with van der Waals surface area (Å²) < 4.78 is 6.24. The Hall–Kier alpha value is -1.20. The molecule has 1 aliphatic carbocycles. The zero-order valence-electron chi connectivity index (χ0n) is 9.01. The lowest BCUT2D eigenvalue weighted by molar-refractivity contribution is 0.0625. The zero-order valence-corrected chi connectivity index (χ0v) is 10.6. The van der Waals surface area contributed by atoms with Gasteiger partial charge >= 0.3 is 0 Å². The Bertz CT molecular complexity index is 518. The number of hydrogen-bond donors (Lipinski definition) is 1. The lowest BCUT2D eigenvalue weighted by Gasteiger charge is -2.27. The number of aromatic nitrogens is 2. The van der Waals surface area contributed by atoms with Gasteiger partial charge in [0, 0.05) is 16.0 Å². The SMILES string of the molecule is OC1CC(c2nc(-c3ccc(Br)cc3)no2)C1. The van der Waals surface area contributed by atoms with Crippen molar-refractivity contribution in [2.24, 2.45) is 0 Å². The van der Waals surface area contributed by atoms with E-state index in [4.69, 9.17) is 4.52 Å². The number of halogens is 1. The number of aliphatic hydroxyl groups excluding tert-OH is 1. The third-order valence-electron chi connectivity index (χ3n) is 3.01. The van der Waals surface area contributed by atoms with Crippen molar-refractivity contribution in [3.8, 4) is 11.4 Å². The second kappa shape index (κ2) is 4.23. The highest BCUT2D eigenvalue weighted by Crippen LogP contribution is 2.36. The molecule has 1 N–H and O–H groups in total. The van der Waals surface area contributed by atoms with Crippen molar-refractivity contribution in [2.45, 2.75) is 24.9 Å². The van der Waals surface area contributed by atoms with Crippen LogP contribution >= 0.6 is 15.9 Å². The van der Waals surface area contributed by atoms with E-state index in [0.717, 1.165) is 22.9 Å². The molecule has 4 nitrogen and oxygen atoms in total. The summed E-state index contributed by atoms with van der Waals surface area (Å²) in [6.45, 7) is 0. The van der Waals surface area contributed by atoms with E-state index in [9.17, 15) is 5.11 Å². The predicted octanol–water partition coefficient (Wildman–Crippen LogP) is 2.74. The average Bonchev–Trinajstić information content (AvgIpc) is 2.75. The first-order valence-corrected chi connectivity index (χ1v) is 6.29. The fourth-order valence-electron chi connectivity index (χ4n) is 1.91. The van der Waals surface area contributed by atoms with Crippen LogP contribution in [0.4, 0.5) is 0 Å². The minimum atomic E-state index is -0.206. The molecule has 3 rings (SSSR count). The van der Waals surface area contributed by atoms with Gasteiger partial charge in [-0.2, -0.15) is 4.98 Å². The number of rotatable bonds is 2. The van der Waals surface area contributed by atoms with Gasteiger partial charge in [0.25, 0.3) is 0 Å². The molecule has 1 aromatic carbocycles. The van der Waals surface area contributed by atoms with Gasteiger partial charge in [0.05, 0.1) is 6.10 Å². The lowest BCUT2D eigenvalue weighted by atomic mass is 9.82. The lowest BCUT2D eigenvalue weighted by Crippen LogP contribution is -2.26. The summed E-state index contributed by atoms with van der Waals surface area (Å²) in [6.07, 6.45) is 1.24. The molecule has 1 saturated carbocycles. The molecule has 17 heavy (non-hydrogen) atoms. The first-order valence-electron chi connectivity index (χ1n) is 5.50. The summed E-state index contributed by atoms with van der Waals surface area (Å²) in [5, 5.41) is 13.2. The van der Waals surface area contributed by atoms with E-state index < -0.39 is 0 Å². The molecular weight excluding hydrogens is 284 g/mol. The molecular formula is C12H11BrN2O2. The van der Waals surface area contributed by atoms with Crippen molar-refractivity contribution in [1.82, 2.24) is 10.1 Å². The first-order chi connectivity index (χ1) is 8.22. The van der Waals surface area contributed by atoms with E-state index in [0.29, 0.717) is 11.7 Å². The molecule has 5 heteroatoms. The molecule has 0 amide bonds. The second-order valence-electron chi connectivity index (χ2n) is 4.29. The molecule has 0 radical (unpaired) electrons. The largest absolute Gasteiger partial charge is 0.393 e. The van der Waals surface area contributed by atoms with Crippen LogP contribution in [0.5, 0.6) is 0 Å². The normalized spacial score (nSPS) is 23.4. The summed E-state index contributed by atoms with van der Waals surface area (Å²) in [5.41, 5.74) is 0.933. The predicted molar refractivity (Wildman–Crippen MR) is 65.4 cm³/mol. The van der Waals surface area contributed by atoms with Crippen LogP contribution in [0.1, 0.15) is 24.7 Å². The van der Waals surface area contributed by atoms with Gasteiger partial charge < -0.3 is 9.63 Å². The van der Waals surface area contributed by atoms with Crippen molar-refractivity contribution in [3.05, 3.63) is 34.6 Å². The summed E-state index contributed by atoms with van der Waals surface area (Å²) in [4.78, 5) is 4.36. The number of nitrogens with zero attached hydrogens (tertiary/aromatic N) is 2. The Kier molecular flexibility index (Phi) is 2.72. The summed E-state index contributed by atoms with van der Waals surface area (Å²) in [5.74, 6) is 1.46.